The molecule has 0 saturated heterocycles. The molecule has 0 radical (unpaired) electrons. The molecular weight excluding hydrogens is 385 g/mol. The molecule has 1 aromatic carbocycles. The smallest absolute Gasteiger partial charge is 0.246 e. The van der Waals surface area contributed by atoms with Gasteiger partial charge in [-0.15, -0.1) is 11.3 Å². The summed E-state index contributed by atoms with van der Waals surface area (Å²) in [5.41, 5.74) is 0.535. The Balaban J connectivity index is 1.71. The molecule has 2 atom stereocenters. The number of amides is 1. The highest BCUT2D eigenvalue weighted by molar-refractivity contribution is 7.91. The molecule has 1 heterocycles. The average Bonchev–Trinajstić information content (AvgIpc) is 3.28. The quantitative estimate of drug-likeness (QED) is 0.704. The van der Waals surface area contributed by atoms with Gasteiger partial charge in [0.15, 0.2) is 9.84 Å². The maximum atomic E-state index is 13.9. The van der Waals surface area contributed by atoms with Crippen LogP contribution in [0.3, 0.4) is 0 Å². The lowest BCUT2D eigenvalue weighted by Crippen LogP contribution is -2.43. The van der Waals surface area contributed by atoms with Gasteiger partial charge in [0.1, 0.15) is 5.82 Å². The van der Waals surface area contributed by atoms with E-state index in [1.165, 1.54) is 34.6 Å². The third-order valence-corrected chi connectivity index (χ3v) is 7.70. The van der Waals surface area contributed by atoms with Crippen LogP contribution in [0.5, 0.6) is 0 Å². The molecule has 1 amide bonds. The molecular formula is C20H22FNO3S2. The van der Waals surface area contributed by atoms with Crippen LogP contribution in [0.1, 0.15) is 24.1 Å². The van der Waals surface area contributed by atoms with Gasteiger partial charge in [-0.1, -0.05) is 18.2 Å². The average molecular weight is 408 g/mol. The number of nitrogens with zero attached hydrogens (tertiary/aromatic N) is 1. The van der Waals surface area contributed by atoms with Crippen molar-refractivity contribution in [3.63, 3.8) is 0 Å². The van der Waals surface area contributed by atoms with E-state index in [-0.39, 0.29) is 17.8 Å². The van der Waals surface area contributed by atoms with Crippen LogP contribution in [0.4, 0.5) is 4.39 Å². The molecule has 144 valence electrons. The Kier molecular flexibility index (Phi) is 5.81. The van der Waals surface area contributed by atoms with Gasteiger partial charge in [-0.3, -0.25) is 4.79 Å². The zero-order valence-corrected chi connectivity index (χ0v) is 16.9. The summed E-state index contributed by atoms with van der Waals surface area (Å²) < 4.78 is 37.7. The Morgan fingerprint density at radius 2 is 1.96 bits per heavy atom. The van der Waals surface area contributed by atoms with E-state index >= 15 is 0 Å². The first-order chi connectivity index (χ1) is 12.8. The number of carbonyl (C=O) groups is 1. The summed E-state index contributed by atoms with van der Waals surface area (Å²) in [7, 11) is -1.53. The fourth-order valence-corrected chi connectivity index (χ4v) is 5.95. The number of sulfone groups is 1. The Morgan fingerprint density at radius 1 is 1.22 bits per heavy atom. The van der Waals surface area contributed by atoms with Gasteiger partial charge >= 0.3 is 0 Å². The summed E-state index contributed by atoms with van der Waals surface area (Å²) in [5.74, 6) is -0.505. The molecule has 0 N–H and O–H groups in total. The van der Waals surface area contributed by atoms with Crippen LogP contribution in [0, 0.1) is 5.82 Å². The number of thiophene rings is 1. The zero-order chi connectivity index (χ0) is 19.6. The summed E-state index contributed by atoms with van der Waals surface area (Å²) in [6.45, 7) is 0. The van der Waals surface area contributed by atoms with Crippen molar-refractivity contribution in [1.29, 1.82) is 0 Å². The first-order valence-electron chi connectivity index (χ1n) is 8.76. The Bertz CT molecular complexity index is 965. The van der Waals surface area contributed by atoms with E-state index in [0.29, 0.717) is 18.4 Å². The van der Waals surface area contributed by atoms with Gasteiger partial charge in [-0.05, 0) is 43.5 Å². The Morgan fingerprint density at radius 3 is 2.67 bits per heavy atom. The van der Waals surface area contributed by atoms with Crippen LogP contribution >= 0.6 is 11.3 Å². The van der Waals surface area contributed by atoms with Gasteiger partial charge in [0, 0.05) is 40.7 Å². The lowest BCUT2D eigenvalue weighted by atomic mass is 10.2. The van der Waals surface area contributed by atoms with Crippen molar-refractivity contribution in [3.05, 3.63) is 53.2 Å². The monoisotopic (exact) mass is 407 g/mol. The molecule has 1 fully saturated rings. The van der Waals surface area contributed by atoms with Crippen LogP contribution in [-0.2, 0) is 14.6 Å². The molecule has 1 aromatic heterocycles. The van der Waals surface area contributed by atoms with E-state index < -0.39 is 15.1 Å². The molecule has 1 aliphatic rings. The maximum Gasteiger partial charge on any atom is 0.246 e. The van der Waals surface area contributed by atoms with Crippen LogP contribution in [0.2, 0.25) is 0 Å². The number of rotatable bonds is 5. The number of likely N-dealkylation sites (N-methyl/N-ethyl adjacent to an activating group) is 1. The van der Waals surface area contributed by atoms with E-state index in [1.54, 1.807) is 31.3 Å². The standard InChI is InChI=1S/C20H22FNO3S2/c1-22(17-8-5-9-19(17)27(2,24)25)20(23)13-11-14-10-12-18(26-14)15-6-3-4-7-16(15)21/h3-4,6-7,10-13,17,19H,5,8-9H2,1-2H3. The molecule has 3 rings (SSSR count). The van der Waals surface area contributed by atoms with Crippen molar-refractivity contribution >= 4 is 33.2 Å². The van der Waals surface area contributed by atoms with Gasteiger partial charge in [-0.25, -0.2) is 12.8 Å². The molecule has 7 heteroatoms. The van der Waals surface area contributed by atoms with Crippen LogP contribution < -0.4 is 0 Å². The minimum Gasteiger partial charge on any atom is -0.338 e. The Labute approximate surface area is 163 Å². The SMILES string of the molecule is CN(C(=O)C=Cc1ccc(-c2ccccc2F)s1)C1CCCC1S(C)(=O)=O. The number of halogens is 1. The van der Waals surface area contributed by atoms with Crippen LogP contribution in [-0.4, -0.2) is 43.8 Å². The van der Waals surface area contributed by atoms with Crippen molar-refractivity contribution in [3.8, 4) is 10.4 Å². The van der Waals surface area contributed by atoms with Crippen molar-refractivity contribution in [2.45, 2.75) is 30.6 Å². The summed E-state index contributed by atoms with van der Waals surface area (Å²) >= 11 is 1.40. The van der Waals surface area contributed by atoms with Gasteiger partial charge in [-0.2, -0.15) is 0 Å². The molecule has 27 heavy (non-hydrogen) atoms. The summed E-state index contributed by atoms with van der Waals surface area (Å²) in [6, 6.07) is 9.95. The summed E-state index contributed by atoms with van der Waals surface area (Å²) in [4.78, 5) is 15.7. The van der Waals surface area contributed by atoms with E-state index in [0.717, 1.165) is 16.2 Å². The largest absolute Gasteiger partial charge is 0.338 e. The van der Waals surface area contributed by atoms with Crippen molar-refractivity contribution < 1.29 is 17.6 Å². The molecule has 2 unspecified atom stereocenters. The molecule has 1 aliphatic carbocycles. The van der Waals surface area contributed by atoms with E-state index in [4.69, 9.17) is 0 Å². The first-order valence-corrected chi connectivity index (χ1v) is 11.5. The fraction of sp³-hybridized carbons (Fsp3) is 0.350. The number of carbonyl (C=O) groups excluding carboxylic acids is 1. The Hall–Kier alpha value is -1.99. The number of hydrogen-bond acceptors (Lipinski definition) is 4. The molecule has 0 aliphatic heterocycles. The highest BCUT2D eigenvalue weighted by Gasteiger charge is 2.38. The van der Waals surface area contributed by atoms with E-state index in [1.807, 2.05) is 12.1 Å². The van der Waals surface area contributed by atoms with Crippen molar-refractivity contribution in [2.75, 3.05) is 13.3 Å². The zero-order valence-electron chi connectivity index (χ0n) is 15.3. The second-order valence-corrected chi connectivity index (χ2v) is 10.2. The predicted octanol–water partition coefficient (Wildman–Crippen LogP) is 3.99. The molecule has 0 spiro atoms. The minimum absolute atomic E-state index is 0.226. The van der Waals surface area contributed by atoms with Gasteiger partial charge in [0.05, 0.1) is 5.25 Å². The van der Waals surface area contributed by atoms with Crippen LogP contribution in [0.15, 0.2) is 42.5 Å². The second-order valence-electron chi connectivity index (χ2n) is 6.83. The number of hydrogen-bond donors (Lipinski definition) is 0. The molecule has 1 saturated carbocycles. The summed E-state index contributed by atoms with van der Waals surface area (Å²) in [6.07, 6.45) is 6.49. The number of benzene rings is 1. The minimum atomic E-state index is -3.18. The second kappa shape index (κ2) is 7.94. The first kappa shape index (κ1) is 19.8. The molecule has 4 nitrogen and oxygen atoms in total. The molecule has 2 aromatic rings. The highest BCUT2D eigenvalue weighted by atomic mass is 32.2. The highest BCUT2D eigenvalue weighted by Crippen LogP contribution is 2.31. The maximum absolute atomic E-state index is 13.9. The fourth-order valence-electron chi connectivity index (χ4n) is 3.53. The van der Waals surface area contributed by atoms with E-state index in [9.17, 15) is 17.6 Å². The predicted molar refractivity (Wildman–Crippen MR) is 108 cm³/mol. The normalized spacial score (nSPS) is 20.3. The lowest BCUT2D eigenvalue weighted by Gasteiger charge is -2.27. The van der Waals surface area contributed by atoms with Gasteiger partial charge in [0.2, 0.25) is 5.91 Å². The van der Waals surface area contributed by atoms with Crippen molar-refractivity contribution in [1.82, 2.24) is 4.90 Å². The van der Waals surface area contributed by atoms with Crippen LogP contribution in [0.25, 0.3) is 16.5 Å². The van der Waals surface area contributed by atoms with Crippen molar-refractivity contribution in [2.24, 2.45) is 0 Å². The topological polar surface area (TPSA) is 54.5 Å². The summed E-state index contributed by atoms with van der Waals surface area (Å²) in [5, 5.41) is -0.491. The third-order valence-electron chi connectivity index (χ3n) is 4.97. The third kappa shape index (κ3) is 4.47. The lowest BCUT2D eigenvalue weighted by molar-refractivity contribution is -0.126. The van der Waals surface area contributed by atoms with E-state index in [2.05, 4.69) is 0 Å². The molecule has 0 bridgehead atoms. The van der Waals surface area contributed by atoms with Gasteiger partial charge < -0.3 is 4.90 Å². The van der Waals surface area contributed by atoms with Gasteiger partial charge in [0.25, 0.3) is 0 Å².